The Kier molecular flexibility index (Phi) is 3.36. The minimum Gasteiger partial charge on any atom is -0.316 e. The molecule has 0 saturated carbocycles. The van der Waals surface area contributed by atoms with Crippen molar-refractivity contribution >= 4 is 22.6 Å². The van der Waals surface area contributed by atoms with Crippen LogP contribution in [-0.4, -0.2) is 6.18 Å². The standard InChI is InChI=1S/C8H6F4IN/c9-4-1-2-6(13)5(3-4)7(14)8(10,11)12/h1-3,7H,14H2/t7-/m1/s1. The van der Waals surface area contributed by atoms with Crippen molar-refractivity contribution in [2.24, 2.45) is 5.73 Å². The van der Waals surface area contributed by atoms with Crippen molar-refractivity contribution in [2.45, 2.75) is 12.2 Å². The molecule has 6 heteroatoms. The summed E-state index contributed by atoms with van der Waals surface area (Å²) in [4.78, 5) is 0. The van der Waals surface area contributed by atoms with Gasteiger partial charge in [-0.2, -0.15) is 13.2 Å². The monoisotopic (exact) mass is 319 g/mol. The highest BCUT2D eigenvalue weighted by Gasteiger charge is 2.38. The minimum atomic E-state index is -4.55. The highest BCUT2D eigenvalue weighted by molar-refractivity contribution is 14.1. The van der Waals surface area contributed by atoms with E-state index in [-0.39, 0.29) is 5.56 Å². The van der Waals surface area contributed by atoms with Crippen LogP contribution in [0.4, 0.5) is 17.6 Å². The number of benzene rings is 1. The summed E-state index contributed by atoms with van der Waals surface area (Å²) < 4.78 is 49.6. The Morgan fingerprint density at radius 2 is 1.86 bits per heavy atom. The van der Waals surface area contributed by atoms with Crippen LogP contribution in [0.15, 0.2) is 18.2 Å². The van der Waals surface area contributed by atoms with Gasteiger partial charge in [0.25, 0.3) is 0 Å². The summed E-state index contributed by atoms with van der Waals surface area (Å²) in [6, 6.07) is 1.02. The lowest BCUT2D eigenvalue weighted by atomic mass is 10.1. The first-order chi connectivity index (χ1) is 6.32. The molecular weight excluding hydrogens is 313 g/mol. The van der Waals surface area contributed by atoms with E-state index in [4.69, 9.17) is 5.73 Å². The molecule has 0 radical (unpaired) electrons. The molecule has 2 N–H and O–H groups in total. The Bertz CT molecular complexity index is 337. The molecular formula is C8H6F4IN. The zero-order valence-corrected chi connectivity index (χ0v) is 8.93. The third-order valence-corrected chi connectivity index (χ3v) is 2.63. The smallest absolute Gasteiger partial charge is 0.316 e. The zero-order chi connectivity index (χ0) is 10.9. The second-order valence-corrected chi connectivity index (χ2v) is 3.85. The summed E-state index contributed by atoms with van der Waals surface area (Å²) >= 11 is 1.69. The second kappa shape index (κ2) is 4.01. The average molecular weight is 319 g/mol. The maximum atomic E-state index is 12.7. The van der Waals surface area contributed by atoms with Gasteiger partial charge in [0, 0.05) is 3.57 Å². The molecule has 0 bridgehead atoms. The van der Waals surface area contributed by atoms with Crippen LogP contribution in [0.3, 0.4) is 0 Å². The summed E-state index contributed by atoms with van der Waals surface area (Å²) in [5.74, 6) is -0.722. The molecule has 0 amide bonds. The average Bonchev–Trinajstić information content (AvgIpc) is 2.06. The quantitative estimate of drug-likeness (QED) is 0.625. The van der Waals surface area contributed by atoms with Gasteiger partial charge in [-0.25, -0.2) is 4.39 Å². The molecule has 0 saturated heterocycles. The van der Waals surface area contributed by atoms with Crippen molar-refractivity contribution in [2.75, 3.05) is 0 Å². The first kappa shape index (κ1) is 11.7. The van der Waals surface area contributed by atoms with Crippen LogP contribution in [-0.2, 0) is 0 Å². The van der Waals surface area contributed by atoms with E-state index in [1.54, 1.807) is 22.6 Å². The molecule has 0 heterocycles. The van der Waals surface area contributed by atoms with E-state index < -0.39 is 18.0 Å². The van der Waals surface area contributed by atoms with Crippen LogP contribution in [0, 0.1) is 9.39 Å². The van der Waals surface area contributed by atoms with Crippen molar-refractivity contribution in [1.29, 1.82) is 0 Å². The number of hydrogen-bond acceptors (Lipinski definition) is 1. The van der Waals surface area contributed by atoms with Gasteiger partial charge in [-0.15, -0.1) is 0 Å². The molecule has 0 aromatic heterocycles. The SMILES string of the molecule is N[C@H](c1cc(F)ccc1I)C(F)(F)F. The Balaban J connectivity index is 3.12. The zero-order valence-electron chi connectivity index (χ0n) is 6.78. The Morgan fingerprint density at radius 1 is 1.29 bits per heavy atom. The van der Waals surface area contributed by atoms with Gasteiger partial charge in [0.2, 0.25) is 0 Å². The van der Waals surface area contributed by atoms with E-state index in [9.17, 15) is 17.6 Å². The summed E-state index contributed by atoms with van der Waals surface area (Å²) in [6.07, 6.45) is -4.55. The molecule has 1 atom stereocenters. The summed E-state index contributed by atoms with van der Waals surface area (Å²) in [7, 11) is 0. The van der Waals surface area contributed by atoms with Crippen LogP contribution in [0.2, 0.25) is 0 Å². The van der Waals surface area contributed by atoms with Gasteiger partial charge in [-0.3, -0.25) is 0 Å². The molecule has 0 fully saturated rings. The molecule has 14 heavy (non-hydrogen) atoms. The molecule has 1 aromatic carbocycles. The molecule has 0 unspecified atom stereocenters. The lowest BCUT2D eigenvalue weighted by Crippen LogP contribution is -2.29. The van der Waals surface area contributed by atoms with Crippen LogP contribution in [0.25, 0.3) is 0 Å². The molecule has 1 aromatic rings. The first-order valence-corrected chi connectivity index (χ1v) is 4.67. The number of halogens is 5. The molecule has 1 rings (SSSR count). The fourth-order valence-corrected chi connectivity index (χ4v) is 1.60. The number of rotatable bonds is 1. The topological polar surface area (TPSA) is 26.0 Å². The predicted octanol–water partition coefficient (Wildman–Crippen LogP) is 2.99. The highest BCUT2D eigenvalue weighted by Crippen LogP contribution is 2.32. The summed E-state index contributed by atoms with van der Waals surface area (Å²) in [6.45, 7) is 0. The van der Waals surface area contributed by atoms with Crippen molar-refractivity contribution in [1.82, 2.24) is 0 Å². The normalized spacial score (nSPS) is 14.1. The Hall–Kier alpha value is -0.370. The first-order valence-electron chi connectivity index (χ1n) is 3.59. The van der Waals surface area contributed by atoms with Crippen LogP contribution in [0.1, 0.15) is 11.6 Å². The fourth-order valence-electron chi connectivity index (χ4n) is 0.929. The Morgan fingerprint density at radius 3 is 2.36 bits per heavy atom. The van der Waals surface area contributed by atoms with Crippen LogP contribution >= 0.6 is 22.6 Å². The van der Waals surface area contributed by atoms with Crippen LogP contribution in [0.5, 0.6) is 0 Å². The van der Waals surface area contributed by atoms with Crippen LogP contribution < -0.4 is 5.73 Å². The van der Waals surface area contributed by atoms with Crippen molar-refractivity contribution in [3.8, 4) is 0 Å². The van der Waals surface area contributed by atoms with Gasteiger partial charge < -0.3 is 5.73 Å². The van der Waals surface area contributed by atoms with Gasteiger partial charge in [0.05, 0.1) is 0 Å². The second-order valence-electron chi connectivity index (χ2n) is 2.69. The number of alkyl halides is 3. The maximum Gasteiger partial charge on any atom is 0.407 e. The lowest BCUT2D eigenvalue weighted by molar-refractivity contribution is -0.149. The van der Waals surface area contributed by atoms with E-state index in [0.717, 1.165) is 12.1 Å². The molecule has 0 aliphatic rings. The summed E-state index contributed by atoms with van der Waals surface area (Å²) in [5.41, 5.74) is 4.71. The Labute approximate surface area is 91.4 Å². The molecule has 0 aliphatic heterocycles. The van der Waals surface area contributed by atoms with Crippen molar-refractivity contribution < 1.29 is 17.6 Å². The number of hydrogen-bond donors (Lipinski definition) is 1. The van der Waals surface area contributed by atoms with Gasteiger partial charge in [0.15, 0.2) is 0 Å². The van der Waals surface area contributed by atoms with E-state index in [0.29, 0.717) is 3.57 Å². The largest absolute Gasteiger partial charge is 0.407 e. The predicted molar refractivity (Wildman–Crippen MR) is 52.1 cm³/mol. The van der Waals surface area contributed by atoms with E-state index in [1.165, 1.54) is 6.07 Å². The van der Waals surface area contributed by atoms with Gasteiger partial charge >= 0.3 is 6.18 Å². The third-order valence-electron chi connectivity index (χ3n) is 1.65. The van der Waals surface area contributed by atoms with Crippen molar-refractivity contribution in [3.05, 3.63) is 33.1 Å². The number of nitrogens with two attached hydrogens (primary N) is 1. The molecule has 0 spiro atoms. The fraction of sp³-hybridized carbons (Fsp3) is 0.250. The lowest BCUT2D eigenvalue weighted by Gasteiger charge is -2.17. The van der Waals surface area contributed by atoms with Crippen molar-refractivity contribution in [3.63, 3.8) is 0 Å². The van der Waals surface area contributed by atoms with E-state index >= 15 is 0 Å². The molecule has 1 nitrogen and oxygen atoms in total. The van der Waals surface area contributed by atoms with Gasteiger partial charge in [-0.1, -0.05) is 0 Å². The molecule has 0 aliphatic carbocycles. The van der Waals surface area contributed by atoms with E-state index in [2.05, 4.69) is 0 Å². The van der Waals surface area contributed by atoms with Gasteiger partial charge in [-0.05, 0) is 46.4 Å². The third kappa shape index (κ3) is 2.57. The minimum absolute atomic E-state index is 0.238. The van der Waals surface area contributed by atoms with E-state index in [1.807, 2.05) is 0 Å². The van der Waals surface area contributed by atoms with Gasteiger partial charge in [0.1, 0.15) is 11.9 Å². The molecule has 78 valence electrons. The maximum absolute atomic E-state index is 12.7. The summed E-state index contributed by atoms with van der Waals surface area (Å²) in [5, 5.41) is 0. The highest BCUT2D eigenvalue weighted by atomic mass is 127.